The van der Waals surface area contributed by atoms with E-state index in [1.165, 1.54) is 37.8 Å². The Balaban J connectivity index is 1.75. The summed E-state index contributed by atoms with van der Waals surface area (Å²) in [5.41, 5.74) is 2.78. The first kappa shape index (κ1) is 11.4. The van der Waals surface area contributed by atoms with Gasteiger partial charge in [0.05, 0.1) is 5.69 Å². The van der Waals surface area contributed by atoms with Gasteiger partial charge in [-0.05, 0) is 62.7 Å². The van der Waals surface area contributed by atoms with Crippen LogP contribution in [0.1, 0.15) is 55.0 Å². The molecule has 19 heavy (non-hydrogen) atoms. The quantitative estimate of drug-likeness (QED) is 0.772. The molecule has 1 heterocycles. The zero-order valence-corrected chi connectivity index (χ0v) is 11.3. The molecule has 98 valence electrons. The number of nitrogens with zero attached hydrogens (tertiary/aromatic N) is 3. The average molecular weight is 253 g/mol. The second kappa shape index (κ2) is 4.03. The van der Waals surface area contributed by atoms with Gasteiger partial charge in [-0.3, -0.25) is 0 Å². The van der Waals surface area contributed by atoms with Gasteiger partial charge in [0, 0.05) is 11.5 Å². The van der Waals surface area contributed by atoms with E-state index in [1.807, 2.05) is 6.92 Å². The Morgan fingerprint density at radius 1 is 1.05 bits per heavy atom. The molecule has 0 aromatic carbocycles. The number of rotatable bonds is 1. The van der Waals surface area contributed by atoms with Crippen molar-refractivity contribution in [3.8, 4) is 6.07 Å². The molecule has 5 rings (SSSR count). The molecule has 4 bridgehead atoms. The maximum absolute atomic E-state index is 9.15. The zero-order chi connectivity index (χ0) is 13.0. The van der Waals surface area contributed by atoms with Crippen LogP contribution in [0.5, 0.6) is 0 Å². The lowest BCUT2D eigenvalue weighted by molar-refractivity contribution is -0.00442. The van der Waals surface area contributed by atoms with Crippen LogP contribution in [-0.2, 0) is 0 Å². The van der Waals surface area contributed by atoms with Crippen molar-refractivity contribution in [1.29, 1.82) is 5.26 Å². The second-order valence-electron chi connectivity index (χ2n) is 6.80. The summed E-state index contributed by atoms with van der Waals surface area (Å²) < 4.78 is 0. The van der Waals surface area contributed by atoms with Crippen molar-refractivity contribution in [2.75, 3.05) is 0 Å². The van der Waals surface area contributed by atoms with Gasteiger partial charge in [-0.15, -0.1) is 0 Å². The highest BCUT2D eigenvalue weighted by molar-refractivity contribution is 5.35. The minimum Gasteiger partial charge on any atom is -0.241 e. The van der Waals surface area contributed by atoms with Gasteiger partial charge in [0.15, 0.2) is 0 Å². The van der Waals surface area contributed by atoms with E-state index in [-0.39, 0.29) is 0 Å². The summed E-state index contributed by atoms with van der Waals surface area (Å²) in [6.45, 7) is 2.03. The molecule has 0 saturated heterocycles. The number of nitriles is 1. The van der Waals surface area contributed by atoms with Crippen molar-refractivity contribution in [3.63, 3.8) is 0 Å². The molecule has 0 amide bonds. The molecule has 0 atom stereocenters. The van der Waals surface area contributed by atoms with Crippen molar-refractivity contribution in [2.45, 2.75) is 44.9 Å². The summed E-state index contributed by atoms with van der Waals surface area (Å²) in [7, 11) is 0. The maximum Gasteiger partial charge on any atom is 0.147 e. The van der Waals surface area contributed by atoms with Crippen molar-refractivity contribution in [3.05, 3.63) is 23.3 Å². The van der Waals surface area contributed by atoms with Crippen molar-refractivity contribution in [2.24, 2.45) is 23.7 Å². The highest BCUT2D eigenvalue weighted by atomic mass is 14.9. The minimum absolute atomic E-state index is 0.568. The topological polar surface area (TPSA) is 49.6 Å². The number of hydrogen-bond donors (Lipinski definition) is 0. The Kier molecular flexibility index (Phi) is 2.42. The fourth-order valence-electron chi connectivity index (χ4n) is 5.28. The SMILES string of the molecule is Cc1c(C#N)ncnc1C1C2CC3CC(C2)CC1C3. The van der Waals surface area contributed by atoms with Crippen LogP contribution < -0.4 is 0 Å². The smallest absolute Gasteiger partial charge is 0.147 e. The Morgan fingerprint density at radius 2 is 1.68 bits per heavy atom. The fraction of sp³-hybridized carbons (Fsp3) is 0.688. The molecule has 0 radical (unpaired) electrons. The minimum atomic E-state index is 0.568. The molecule has 4 aliphatic carbocycles. The van der Waals surface area contributed by atoms with E-state index in [4.69, 9.17) is 5.26 Å². The van der Waals surface area contributed by atoms with E-state index in [1.54, 1.807) is 6.33 Å². The van der Waals surface area contributed by atoms with E-state index >= 15 is 0 Å². The van der Waals surface area contributed by atoms with Crippen LogP contribution in [0, 0.1) is 41.9 Å². The Hall–Kier alpha value is -1.43. The molecule has 0 aliphatic heterocycles. The van der Waals surface area contributed by atoms with Crippen molar-refractivity contribution in [1.82, 2.24) is 9.97 Å². The summed E-state index contributed by atoms with van der Waals surface area (Å²) >= 11 is 0. The van der Waals surface area contributed by atoms with Crippen LogP contribution in [0.4, 0.5) is 0 Å². The highest BCUT2D eigenvalue weighted by Gasteiger charge is 2.49. The van der Waals surface area contributed by atoms with Gasteiger partial charge in [-0.2, -0.15) is 5.26 Å². The van der Waals surface area contributed by atoms with Gasteiger partial charge in [-0.25, -0.2) is 9.97 Å². The third kappa shape index (κ3) is 1.62. The van der Waals surface area contributed by atoms with Crippen LogP contribution in [-0.4, -0.2) is 9.97 Å². The van der Waals surface area contributed by atoms with E-state index in [0.29, 0.717) is 11.6 Å². The van der Waals surface area contributed by atoms with E-state index in [2.05, 4.69) is 16.0 Å². The molecule has 0 unspecified atom stereocenters. The molecule has 0 N–H and O–H groups in total. The third-order valence-corrected chi connectivity index (χ3v) is 5.77. The standard InChI is InChI=1S/C16H19N3/c1-9-14(7-17)18-8-19-16(9)15-12-3-10-2-11(5-12)6-13(15)4-10/h8,10-13,15H,2-6H2,1H3. The first-order valence-electron chi connectivity index (χ1n) is 7.48. The maximum atomic E-state index is 9.15. The van der Waals surface area contributed by atoms with Gasteiger partial charge in [-0.1, -0.05) is 0 Å². The summed E-state index contributed by atoms with van der Waals surface area (Å²) in [4.78, 5) is 8.67. The zero-order valence-electron chi connectivity index (χ0n) is 11.3. The molecule has 4 saturated carbocycles. The monoisotopic (exact) mass is 253 g/mol. The van der Waals surface area contributed by atoms with Gasteiger partial charge >= 0.3 is 0 Å². The normalized spacial score (nSPS) is 39.3. The van der Waals surface area contributed by atoms with E-state index in [9.17, 15) is 0 Å². The highest BCUT2D eigenvalue weighted by Crippen LogP contribution is 2.59. The first-order chi connectivity index (χ1) is 9.26. The van der Waals surface area contributed by atoms with Crippen LogP contribution in [0.3, 0.4) is 0 Å². The summed E-state index contributed by atoms with van der Waals surface area (Å²) in [5, 5.41) is 9.15. The lowest BCUT2D eigenvalue weighted by Gasteiger charge is -2.54. The lowest BCUT2D eigenvalue weighted by Crippen LogP contribution is -2.44. The molecule has 4 fully saturated rings. The van der Waals surface area contributed by atoms with Crippen LogP contribution >= 0.6 is 0 Å². The van der Waals surface area contributed by atoms with Gasteiger partial charge in [0.25, 0.3) is 0 Å². The molecule has 1 aromatic rings. The van der Waals surface area contributed by atoms with Gasteiger partial charge in [0.2, 0.25) is 0 Å². The van der Waals surface area contributed by atoms with Crippen molar-refractivity contribution < 1.29 is 0 Å². The second-order valence-corrected chi connectivity index (χ2v) is 6.80. The Bertz CT molecular complexity index is 530. The first-order valence-corrected chi connectivity index (χ1v) is 7.48. The van der Waals surface area contributed by atoms with Crippen LogP contribution in [0.2, 0.25) is 0 Å². The molecule has 1 aromatic heterocycles. The molecule has 4 aliphatic rings. The number of hydrogen-bond acceptors (Lipinski definition) is 3. The molecule has 0 spiro atoms. The fourth-order valence-corrected chi connectivity index (χ4v) is 5.28. The number of aromatic nitrogens is 2. The Morgan fingerprint density at radius 3 is 2.26 bits per heavy atom. The van der Waals surface area contributed by atoms with E-state index < -0.39 is 0 Å². The average Bonchev–Trinajstić information content (AvgIpc) is 2.39. The van der Waals surface area contributed by atoms with Gasteiger partial charge < -0.3 is 0 Å². The summed E-state index contributed by atoms with van der Waals surface area (Å²) in [5.74, 6) is 4.20. The summed E-state index contributed by atoms with van der Waals surface area (Å²) in [6.07, 6.45) is 8.63. The van der Waals surface area contributed by atoms with E-state index in [0.717, 1.165) is 29.2 Å². The predicted molar refractivity (Wildman–Crippen MR) is 71.3 cm³/mol. The lowest BCUT2D eigenvalue weighted by atomic mass is 9.51. The molecular weight excluding hydrogens is 234 g/mol. The Labute approximate surface area is 114 Å². The molecule has 3 nitrogen and oxygen atoms in total. The third-order valence-electron chi connectivity index (χ3n) is 5.77. The van der Waals surface area contributed by atoms with Gasteiger partial charge in [0.1, 0.15) is 18.1 Å². The predicted octanol–water partition coefficient (Wildman–Crippen LogP) is 3.20. The van der Waals surface area contributed by atoms with Crippen LogP contribution in [0.25, 0.3) is 0 Å². The van der Waals surface area contributed by atoms with Crippen molar-refractivity contribution >= 4 is 0 Å². The van der Waals surface area contributed by atoms with Crippen LogP contribution in [0.15, 0.2) is 6.33 Å². The summed E-state index contributed by atoms with van der Waals surface area (Å²) in [6, 6.07) is 2.21. The largest absolute Gasteiger partial charge is 0.241 e. The molecular formula is C16H19N3. The molecule has 3 heteroatoms.